The molecule has 0 radical (unpaired) electrons. The van der Waals surface area contributed by atoms with E-state index >= 15 is 0 Å². The third-order valence-electron chi connectivity index (χ3n) is 5.66. The second-order valence-corrected chi connectivity index (χ2v) is 9.20. The van der Waals surface area contributed by atoms with Crippen LogP contribution in [-0.2, 0) is 22.7 Å². The van der Waals surface area contributed by atoms with Crippen LogP contribution < -0.4 is 10.2 Å². The Kier molecular flexibility index (Phi) is 6.61. The molecule has 3 aromatic carbocycles. The molecule has 2 amide bonds. The van der Waals surface area contributed by atoms with Crippen molar-refractivity contribution in [3.63, 3.8) is 0 Å². The van der Waals surface area contributed by atoms with Gasteiger partial charge in [-0.1, -0.05) is 67.1 Å². The minimum absolute atomic E-state index is 0.122. The fourth-order valence-corrected chi connectivity index (χ4v) is 4.99. The molecular formula is C26H25FN2O2S. The van der Waals surface area contributed by atoms with Crippen LogP contribution in [0.25, 0.3) is 0 Å². The van der Waals surface area contributed by atoms with E-state index in [0.29, 0.717) is 12.1 Å². The molecule has 1 aliphatic heterocycles. The SMILES string of the molecule is Cc1ccc(CNC(=O)[C@H](C)[C@H]2Sc3ccccc3N(Cc3ccccc3F)C2=O)cc1. The number of fused-ring (bicyclic) bond motifs is 1. The van der Waals surface area contributed by atoms with E-state index in [-0.39, 0.29) is 24.2 Å². The summed E-state index contributed by atoms with van der Waals surface area (Å²) >= 11 is 1.40. The fourth-order valence-electron chi connectivity index (χ4n) is 3.71. The van der Waals surface area contributed by atoms with E-state index in [1.165, 1.54) is 17.8 Å². The maximum Gasteiger partial charge on any atom is 0.241 e. The van der Waals surface area contributed by atoms with E-state index in [9.17, 15) is 14.0 Å². The minimum atomic E-state index is -0.588. The second-order valence-electron chi connectivity index (χ2n) is 8.01. The van der Waals surface area contributed by atoms with E-state index < -0.39 is 11.2 Å². The largest absolute Gasteiger partial charge is 0.352 e. The molecule has 0 fully saturated rings. The molecule has 3 aromatic rings. The third-order valence-corrected chi connectivity index (χ3v) is 7.12. The van der Waals surface area contributed by atoms with Gasteiger partial charge in [0.05, 0.1) is 18.2 Å². The Morgan fingerprint density at radius 2 is 1.75 bits per heavy atom. The van der Waals surface area contributed by atoms with Crippen molar-refractivity contribution in [3.05, 3.63) is 95.3 Å². The molecule has 4 rings (SSSR count). The number of benzene rings is 3. The molecular weight excluding hydrogens is 423 g/mol. The number of hydrogen-bond donors (Lipinski definition) is 1. The van der Waals surface area contributed by atoms with Gasteiger partial charge in [0.15, 0.2) is 0 Å². The van der Waals surface area contributed by atoms with Crippen molar-refractivity contribution in [1.29, 1.82) is 0 Å². The Morgan fingerprint density at radius 1 is 1.06 bits per heavy atom. The second kappa shape index (κ2) is 9.57. The van der Waals surface area contributed by atoms with Gasteiger partial charge in [-0.15, -0.1) is 11.8 Å². The first kappa shape index (κ1) is 22.1. The number of nitrogens with one attached hydrogen (secondary N) is 1. The van der Waals surface area contributed by atoms with Gasteiger partial charge in [-0.25, -0.2) is 4.39 Å². The Labute approximate surface area is 191 Å². The first-order valence-electron chi connectivity index (χ1n) is 10.6. The Balaban J connectivity index is 1.53. The molecule has 0 spiro atoms. The molecule has 6 heteroatoms. The monoisotopic (exact) mass is 448 g/mol. The molecule has 164 valence electrons. The number of anilines is 1. The number of amides is 2. The van der Waals surface area contributed by atoms with Gasteiger partial charge in [0.1, 0.15) is 11.1 Å². The lowest BCUT2D eigenvalue weighted by atomic mass is 10.0. The van der Waals surface area contributed by atoms with E-state index in [0.717, 1.165) is 21.7 Å². The minimum Gasteiger partial charge on any atom is -0.352 e. The number of rotatable bonds is 6. The van der Waals surface area contributed by atoms with Gasteiger partial charge in [-0.3, -0.25) is 9.59 Å². The van der Waals surface area contributed by atoms with Crippen molar-refractivity contribution in [2.75, 3.05) is 4.90 Å². The lowest BCUT2D eigenvalue weighted by Crippen LogP contribution is -2.47. The smallest absolute Gasteiger partial charge is 0.241 e. The van der Waals surface area contributed by atoms with E-state index in [4.69, 9.17) is 0 Å². The number of carbonyl (C=O) groups excluding carboxylic acids is 2. The number of aryl methyl sites for hydroxylation is 1. The summed E-state index contributed by atoms with van der Waals surface area (Å²) in [6.07, 6.45) is 0. The lowest BCUT2D eigenvalue weighted by Gasteiger charge is -2.35. The van der Waals surface area contributed by atoms with Gasteiger partial charge in [0.2, 0.25) is 11.8 Å². The molecule has 1 N–H and O–H groups in total. The highest BCUT2D eigenvalue weighted by Crippen LogP contribution is 2.42. The van der Waals surface area contributed by atoms with Crippen LogP contribution in [0.15, 0.2) is 77.7 Å². The summed E-state index contributed by atoms with van der Waals surface area (Å²) in [6, 6.07) is 22.0. The Morgan fingerprint density at radius 3 is 2.50 bits per heavy atom. The standard InChI is InChI=1S/C26H25FN2O2S/c1-17-11-13-19(14-12-17)15-28-25(30)18(2)24-26(31)29(16-20-7-3-4-8-21(20)27)22-9-5-6-10-23(22)32-24/h3-14,18,24H,15-16H2,1-2H3,(H,28,30)/t18-,24-/m1/s1. The lowest BCUT2D eigenvalue weighted by molar-refractivity contribution is -0.128. The van der Waals surface area contributed by atoms with Crippen molar-refractivity contribution in [1.82, 2.24) is 5.32 Å². The molecule has 0 saturated carbocycles. The molecule has 0 aliphatic carbocycles. The number of carbonyl (C=O) groups is 2. The topological polar surface area (TPSA) is 49.4 Å². The van der Waals surface area contributed by atoms with Gasteiger partial charge >= 0.3 is 0 Å². The van der Waals surface area contributed by atoms with Crippen LogP contribution in [0.1, 0.15) is 23.6 Å². The van der Waals surface area contributed by atoms with Crippen LogP contribution >= 0.6 is 11.8 Å². The molecule has 1 heterocycles. The van der Waals surface area contributed by atoms with Crippen molar-refractivity contribution < 1.29 is 14.0 Å². The van der Waals surface area contributed by atoms with Gasteiger partial charge < -0.3 is 10.2 Å². The normalized spacial score (nSPS) is 16.4. The molecule has 32 heavy (non-hydrogen) atoms. The van der Waals surface area contributed by atoms with Crippen LogP contribution in [0.5, 0.6) is 0 Å². The molecule has 0 unspecified atom stereocenters. The molecule has 0 bridgehead atoms. The van der Waals surface area contributed by atoms with Gasteiger partial charge in [0.25, 0.3) is 0 Å². The van der Waals surface area contributed by atoms with Crippen molar-refractivity contribution in [3.8, 4) is 0 Å². The van der Waals surface area contributed by atoms with Gasteiger partial charge in [-0.05, 0) is 30.7 Å². The summed E-state index contributed by atoms with van der Waals surface area (Å²) in [5.41, 5.74) is 3.35. The molecule has 4 nitrogen and oxygen atoms in total. The third kappa shape index (κ3) is 4.70. The van der Waals surface area contributed by atoms with Crippen molar-refractivity contribution >= 4 is 29.3 Å². The zero-order valence-corrected chi connectivity index (χ0v) is 18.9. The summed E-state index contributed by atoms with van der Waals surface area (Å²) in [5.74, 6) is -1.26. The van der Waals surface area contributed by atoms with Crippen LogP contribution in [0.3, 0.4) is 0 Å². The van der Waals surface area contributed by atoms with Crippen LogP contribution in [0, 0.1) is 18.7 Å². The molecule has 2 atom stereocenters. The highest BCUT2D eigenvalue weighted by atomic mass is 32.2. The number of para-hydroxylation sites is 1. The van der Waals surface area contributed by atoms with E-state index in [2.05, 4.69) is 5.32 Å². The quantitative estimate of drug-likeness (QED) is 0.571. The summed E-state index contributed by atoms with van der Waals surface area (Å²) in [6.45, 7) is 4.32. The van der Waals surface area contributed by atoms with Gasteiger partial charge in [-0.2, -0.15) is 0 Å². The van der Waals surface area contributed by atoms with Crippen LogP contribution in [-0.4, -0.2) is 17.1 Å². The van der Waals surface area contributed by atoms with Crippen LogP contribution in [0.2, 0.25) is 0 Å². The van der Waals surface area contributed by atoms with Gasteiger partial charge in [0, 0.05) is 17.0 Å². The predicted octanol–water partition coefficient (Wildman–Crippen LogP) is 5.09. The fraction of sp³-hybridized carbons (Fsp3) is 0.231. The van der Waals surface area contributed by atoms with E-state index in [1.807, 2.05) is 55.5 Å². The maximum absolute atomic E-state index is 14.3. The first-order valence-corrected chi connectivity index (χ1v) is 11.5. The highest BCUT2D eigenvalue weighted by molar-refractivity contribution is 8.01. The van der Waals surface area contributed by atoms with Crippen molar-refractivity contribution in [2.45, 2.75) is 37.1 Å². The number of halogens is 1. The zero-order chi connectivity index (χ0) is 22.7. The maximum atomic E-state index is 14.3. The summed E-state index contributed by atoms with van der Waals surface area (Å²) in [5, 5.41) is 2.36. The average Bonchev–Trinajstić information content (AvgIpc) is 2.81. The molecule has 0 saturated heterocycles. The number of thioether (sulfide) groups is 1. The average molecular weight is 449 g/mol. The summed E-state index contributed by atoms with van der Waals surface area (Å²) in [7, 11) is 0. The molecule has 0 aromatic heterocycles. The number of nitrogens with zero attached hydrogens (tertiary/aromatic N) is 1. The Hall–Kier alpha value is -3.12. The summed E-state index contributed by atoms with van der Waals surface area (Å²) < 4.78 is 14.3. The zero-order valence-electron chi connectivity index (χ0n) is 18.0. The predicted molar refractivity (Wildman–Crippen MR) is 126 cm³/mol. The van der Waals surface area contributed by atoms with Crippen LogP contribution in [0.4, 0.5) is 10.1 Å². The highest BCUT2D eigenvalue weighted by Gasteiger charge is 2.39. The summed E-state index contributed by atoms with van der Waals surface area (Å²) in [4.78, 5) is 28.9. The molecule has 1 aliphatic rings. The number of hydrogen-bond acceptors (Lipinski definition) is 3. The Bertz CT molecular complexity index is 1130. The first-order chi connectivity index (χ1) is 15.4. The van der Waals surface area contributed by atoms with Crippen molar-refractivity contribution in [2.24, 2.45) is 5.92 Å². The van der Waals surface area contributed by atoms with E-state index in [1.54, 1.807) is 30.0 Å².